The highest BCUT2D eigenvalue weighted by Gasteiger charge is 2.39. The molecule has 1 fully saturated rings. The molecule has 0 heterocycles. The summed E-state index contributed by atoms with van der Waals surface area (Å²) >= 11 is 0. The molecule has 16 heavy (non-hydrogen) atoms. The molecular weight excluding hydrogens is 196 g/mol. The summed E-state index contributed by atoms with van der Waals surface area (Å²) in [6.07, 6.45) is 2.13. The maximum Gasteiger partial charge on any atom is 0.166 e. The van der Waals surface area contributed by atoms with Crippen molar-refractivity contribution >= 4 is 5.78 Å². The van der Waals surface area contributed by atoms with Gasteiger partial charge in [-0.1, -0.05) is 39.0 Å². The Morgan fingerprint density at radius 2 is 2.12 bits per heavy atom. The molecule has 86 valence electrons. The van der Waals surface area contributed by atoms with Gasteiger partial charge in [0.05, 0.1) is 0 Å². The molecule has 0 bridgehead atoms. The van der Waals surface area contributed by atoms with Crippen LogP contribution in [-0.2, 0) is 6.42 Å². The Kier molecular flexibility index (Phi) is 3.13. The van der Waals surface area contributed by atoms with Crippen molar-refractivity contribution in [2.24, 2.45) is 17.8 Å². The van der Waals surface area contributed by atoms with E-state index < -0.39 is 0 Å². The second kappa shape index (κ2) is 4.40. The van der Waals surface area contributed by atoms with Gasteiger partial charge >= 0.3 is 0 Å². The molecule has 0 N–H and O–H groups in total. The molecule has 0 saturated heterocycles. The Morgan fingerprint density at radius 1 is 1.44 bits per heavy atom. The first kappa shape index (κ1) is 11.4. The van der Waals surface area contributed by atoms with E-state index >= 15 is 0 Å². The van der Waals surface area contributed by atoms with Gasteiger partial charge in [-0.05, 0) is 36.3 Å². The second-order valence-corrected chi connectivity index (χ2v) is 5.48. The van der Waals surface area contributed by atoms with Gasteiger partial charge in [-0.15, -0.1) is 0 Å². The van der Waals surface area contributed by atoms with Crippen LogP contribution in [0, 0.1) is 17.8 Å². The van der Waals surface area contributed by atoms with E-state index in [1.807, 2.05) is 12.1 Å². The molecule has 1 nitrogen and oxygen atoms in total. The Morgan fingerprint density at radius 3 is 2.69 bits per heavy atom. The molecule has 0 radical (unpaired) electrons. The Balaban J connectivity index is 2.12. The lowest BCUT2D eigenvalue weighted by atomic mass is 9.98. The van der Waals surface area contributed by atoms with Crippen LogP contribution in [0.4, 0.5) is 0 Å². The van der Waals surface area contributed by atoms with Gasteiger partial charge in [-0.25, -0.2) is 0 Å². The molecule has 0 spiro atoms. The van der Waals surface area contributed by atoms with Crippen molar-refractivity contribution in [2.45, 2.75) is 33.6 Å². The van der Waals surface area contributed by atoms with Crippen molar-refractivity contribution in [2.75, 3.05) is 0 Å². The molecular formula is C15H20O. The number of benzene rings is 1. The van der Waals surface area contributed by atoms with Gasteiger partial charge in [-0.3, -0.25) is 4.79 Å². The number of hydrogen-bond donors (Lipinski definition) is 0. The first-order chi connectivity index (χ1) is 7.58. The molecule has 1 saturated carbocycles. The number of ketones is 1. The van der Waals surface area contributed by atoms with Crippen molar-refractivity contribution in [1.29, 1.82) is 0 Å². The number of carbonyl (C=O) groups is 1. The minimum absolute atomic E-state index is 0.300. The van der Waals surface area contributed by atoms with E-state index in [0.29, 0.717) is 23.5 Å². The fourth-order valence-electron chi connectivity index (χ4n) is 2.22. The molecule has 1 aliphatic carbocycles. The molecule has 2 unspecified atom stereocenters. The highest BCUT2D eigenvalue weighted by Crippen LogP contribution is 2.40. The average Bonchev–Trinajstić information content (AvgIpc) is 2.94. The van der Waals surface area contributed by atoms with Gasteiger partial charge < -0.3 is 0 Å². The van der Waals surface area contributed by atoms with Gasteiger partial charge in [0.1, 0.15) is 0 Å². The van der Waals surface area contributed by atoms with Crippen LogP contribution in [0.5, 0.6) is 0 Å². The van der Waals surface area contributed by atoms with Crippen LogP contribution in [0.3, 0.4) is 0 Å². The second-order valence-electron chi connectivity index (χ2n) is 5.48. The minimum atomic E-state index is 0.300. The molecule has 0 aromatic heterocycles. The van der Waals surface area contributed by atoms with Crippen molar-refractivity contribution in [1.82, 2.24) is 0 Å². The smallest absolute Gasteiger partial charge is 0.166 e. The van der Waals surface area contributed by atoms with Gasteiger partial charge in [0.15, 0.2) is 5.78 Å². The van der Waals surface area contributed by atoms with Gasteiger partial charge in [0.25, 0.3) is 0 Å². The molecule has 1 aromatic carbocycles. The fourth-order valence-corrected chi connectivity index (χ4v) is 2.22. The van der Waals surface area contributed by atoms with Crippen LogP contribution in [0.25, 0.3) is 0 Å². The number of rotatable bonds is 4. The lowest BCUT2D eigenvalue weighted by Gasteiger charge is -2.06. The summed E-state index contributed by atoms with van der Waals surface area (Å²) in [7, 11) is 0. The van der Waals surface area contributed by atoms with Gasteiger partial charge in [0.2, 0.25) is 0 Å². The average molecular weight is 216 g/mol. The highest BCUT2D eigenvalue weighted by atomic mass is 16.1. The summed E-state index contributed by atoms with van der Waals surface area (Å²) in [5.41, 5.74) is 2.20. The van der Waals surface area contributed by atoms with E-state index in [4.69, 9.17) is 0 Å². The van der Waals surface area contributed by atoms with Gasteiger partial charge in [0, 0.05) is 11.5 Å². The van der Waals surface area contributed by atoms with Crippen molar-refractivity contribution in [3.8, 4) is 0 Å². The first-order valence-corrected chi connectivity index (χ1v) is 6.21. The SMILES string of the molecule is CC(C)Cc1cccc(C(=O)C2CC2C)c1. The Labute approximate surface area is 97.9 Å². The topological polar surface area (TPSA) is 17.1 Å². The zero-order valence-corrected chi connectivity index (χ0v) is 10.4. The third-order valence-electron chi connectivity index (χ3n) is 3.30. The van der Waals surface area contributed by atoms with Crippen LogP contribution < -0.4 is 0 Å². The summed E-state index contributed by atoms with van der Waals surface area (Å²) in [5, 5.41) is 0. The van der Waals surface area contributed by atoms with E-state index in [-0.39, 0.29) is 0 Å². The standard InChI is InChI=1S/C15H20O/c1-10(2)7-12-5-4-6-13(9-12)15(16)14-8-11(14)3/h4-6,9-11,14H,7-8H2,1-3H3. The summed E-state index contributed by atoms with van der Waals surface area (Å²) in [5.74, 6) is 1.89. The Bertz CT molecular complexity index is 392. The van der Waals surface area contributed by atoms with Crippen LogP contribution in [0.15, 0.2) is 24.3 Å². The summed E-state index contributed by atoms with van der Waals surface area (Å²) in [4.78, 5) is 12.1. The quantitative estimate of drug-likeness (QED) is 0.701. The predicted molar refractivity (Wildman–Crippen MR) is 66.6 cm³/mol. The van der Waals surface area contributed by atoms with Crippen LogP contribution in [0.1, 0.15) is 43.1 Å². The van der Waals surface area contributed by atoms with Crippen molar-refractivity contribution in [3.63, 3.8) is 0 Å². The fraction of sp³-hybridized carbons (Fsp3) is 0.533. The summed E-state index contributed by atoms with van der Waals surface area (Å²) < 4.78 is 0. The van der Waals surface area contributed by atoms with E-state index in [1.165, 1.54) is 5.56 Å². The molecule has 1 heteroatoms. The maximum atomic E-state index is 12.1. The molecule has 1 aromatic rings. The zero-order valence-electron chi connectivity index (χ0n) is 10.4. The van der Waals surface area contributed by atoms with E-state index in [2.05, 4.69) is 32.9 Å². The van der Waals surface area contributed by atoms with E-state index in [9.17, 15) is 4.79 Å². The molecule has 0 aliphatic heterocycles. The van der Waals surface area contributed by atoms with Crippen LogP contribution in [0.2, 0.25) is 0 Å². The number of carbonyl (C=O) groups excluding carboxylic acids is 1. The molecule has 2 atom stereocenters. The monoisotopic (exact) mass is 216 g/mol. The predicted octanol–water partition coefficient (Wildman–Crippen LogP) is 3.72. The summed E-state index contributed by atoms with van der Waals surface area (Å²) in [6, 6.07) is 8.16. The van der Waals surface area contributed by atoms with E-state index in [1.54, 1.807) is 0 Å². The van der Waals surface area contributed by atoms with E-state index in [0.717, 1.165) is 18.4 Å². The van der Waals surface area contributed by atoms with Crippen molar-refractivity contribution < 1.29 is 4.79 Å². The zero-order chi connectivity index (χ0) is 11.7. The first-order valence-electron chi connectivity index (χ1n) is 6.21. The third-order valence-corrected chi connectivity index (χ3v) is 3.30. The minimum Gasteiger partial charge on any atom is -0.294 e. The Hall–Kier alpha value is -1.11. The number of hydrogen-bond acceptors (Lipinski definition) is 1. The highest BCUT2D eigenvalue weighted by molar-refractivity contribution is 5.99. The van der Waals surface area contributed by atoms with Crippen LogP contribution >= 0.6 is 0 Å². The molecule has 2 rings (SSSR count). The molecule has 0 amide bonds. The van der Waals surface area contributed by atoms with Crippen LogP contribution in [-0.4, -0.2) is 5.78 Å². The molecule has 1 aliphatic rings. The largest absolute Gasteiger partial charge is 0.294 e. The van der Waals surface area contributed by atoms with Crippen molar-refractivity contribution in [3.05, 3.63) is 35.4 Å². The lowest BCUT2D eigenvalue weighted by molar-refractivity contribution is 0.0962. The normalized spacial score (nSPS) is 23.5. The summed E-state index contributed by atoms with van der Waals surface area (Å²) in [6.45, 7) is 6.56. The van der Waals surface area contributed by atoms with Gasteiger partial charge in [-0.2, -0.15) is 0 Å². The third kappa shape index (κ3) is 2.52. The lowest BCUT2D eigenvalue weighted by Crippen LogP contribution is -2.04. The number of Topliss-reactive ketones (excluding diaryl/α,β-unsaturated/α-hetero) is 1. The maximum absolute atomic E-state index is 12.1.